The van der Waals surface area contributed by atoms with Crippen LogP contribution in [0.2, 0.25) is 0 Å². The summed E-state index contributed by atoms with van der Waals surface area (Å²) >= 11 is 7.46. The van der Waals surface area contributed by atoms with Crippen molar-refractivity contribution >= 4 is 69.2 Å². The van der Waals surface area contributed by atoms with Gasteiger partial charge in [-0.15, -0.1) is 11.3 Å². The van der Waals surface area contributed by atoms with Crippen LogP contribution in [-0.2, 0) is 25.7 Å². The zero-order chi connectivity index (χ0) is 50.8. The van der Waals surface area contributed by atoms with Gasteiger partial charge in [0.2, 0.25) is 11.8 Å². The van der Waals surface area contributed by atoms with Gasteiger partial charge in [-0.1, -0.05) is 75.4 Å². The number of ether oxygens (including phenoxy) is 2. The van der Waals surface area contributed by atoms with Gasteiger partial charge < -0.3 is 29.7 Å². The fourth-order valence-electron chi connectivity index (χ4n) is 9.02. The Balaban J connectivity index is 0.845. The predicted octanol–water partition coefficient (Wildman–Crippen LogP) is 10.6. The number of carbonyl (C=O) groups is 4. The highest BCUT2D eigenvalue weighted by molar-refractivity contribution is 7.81. The van der Waals surface area contributed by atoms with Gasteiger partial charge >= 0.3 is 0 Å². The summed E-state index contributed by atoms with van der Waals surface area (Å²) in [6.45, 7) is 20.6. The van der Waals surface area contributed by atoms with E-state index in [1.54, 1.807) is 47.7 Å². The molecule has 5 aromatic carbocycles. The lowest BCUT2D eigenvalue weighted by atomic mass is 9.77. The molecule has 13 nitrogen and oxygen atoms in total. The number of aromatic nitrogens is 1. The first kappa shape index (κ1) is 50.1. The summed E-state index contributed by atoms with van der Waals surface area (Å²) < 4.78 is 12.1. The molecule has 2 saturated heterocycles. The summed E-state index contributed by atoms with van der Waals surface area (Å²) in [5.41, 5.74) is 7.67. The van der Waals surface area contributed by atoms with Crippen LogP contribution in [-0.4, -0.2) is 74.4 Å². The van der Waals surface area contributed by atoms with Gasteiger partial charge in [0, 0.05) is 37.3 Å². The first-order valence-corrected chi connectivity index (χ1v) is 24.7. The number of carbonyl (C=O) groups excluding carboxylic acids is 4. The molecule has 0 radical (unpaired) electrons. The van der Waals surface area contributed by atoms with E-state index in [9.17, 15) is 24.3 Å². The van der Waals surface area contributed by atoms with E-state index in [1.807, 2.05) is 138 Å². The number of aliphatic hydroxyl groups is 1. The van der Waals surface area contributed by atoms with Crippen molar-refractivity contribution in [2.45, 2.75) is 85.5 Å². The van der Waals surface area contributed by atoms with Crippen LogP contribution in [0.15, 0.2) is 121 Å². The van der Waals surface area contributed by atoms with Crippen LogP contribution < -0.4 is 24.6 Å². The van der Waals surface area contributed by atoms with Gasteiger partial charge in [-0.05, 0) is 134 Å². The SMILES string of the molecule is [C-]#[N+]c1ccc(N2C(=O)C(C)(C)N(c3ccc(-c4cccc(Oc5ccc(OCC(=O)C[C@H](C(=O)N6C[C@H](O)C[C@H]6C(=O)NCc6ccc(-c7scnc7C)cc6)C(C)(C)C)cc5)c4)cc3)C2=S)cc1C. The molecule has 0 saturated carbocycles. The largest absolute Gasteiger partial charge is 0.486 e. The van der Waals surface area contributed by atoms with E-state index in [4.69, 9.17) is 28.3 Å². The molecule has 0 spiro atoms. The van der Waals surface area contributed by atoms with E-state index in [1.165, 1.54) is 9.80 Å². The van der Waals surface area contributed by atoms with Crippen LogP contribution in [0.1, 0.15) is 64.3 Å². The molecule has 1 aromatic heterocycles. The highest BCUT2D eigenvalue weighted by atomic mass is 32.1. The molecule has 2 N–H and O–H groups in total. The number of thiazole rings is 1. The standard InChI is InChI=1S/C56H56N6O7S2/c1-34-26-41(20-25-48(34)57-8)61-53(67)56(6,7)62(54(61)70)40-18-16-37(17-19-40)39-10-9-11-46(27-39)69-45-23-21-44(22-24-45)68-32-43(64)28-47(55(3,4)5)52(66)60-31-42(63)29-49(60)51(65)58-30-36-12-14-38(15-13-36)50-35(2)59-33-71-50/h9-27,33,42,47,49,63H,28-32H2,1-7H3,(H,58,65)/t42-,47-,49+/m1/s1. The molecule has 0 bridgehead atoms. The summed E-state index contributed by atoms with van der Waals surface area (Å²) in [5.74, 6) is -0.297. The third-order valence-electron chi connectivity index (χ3n) is 13.0. The fraction of sp³-hybridized carbons (Fsp3) is 0.304. The second-order valence-electron chi connectivity index (χ2n) is 19.6. The Morgan fingerprint density at radius 2 is 1.58 bits per heavy atom. The smallest absolute Gasteiger partial charge is 0.259 e. The first-order valence-electron chi connectivity index (χ1n) is 23.4. The van der Waals surface area contributed by atoms with E-state index < -0.39 is 29.0 Å². The Bertz CT molecular complexity index is 3030. The number of nitrogens with zero attached hydrogens (tertiary/aromatic N) is 5. The molecule has 15 heteroatoms. The van der Waals surface area contributed by atoms with Crippen molar-refractivity contribution in [3.8, 4) is 38.8 Å². The Morgan fingerprint density at radius 3 is 2.23 bits per heavy atom. The molecule has 2 fully saturated rings. The van der Waals surface area contributed by atoms with Crippen molar-refractivity contribution in [1.29, 1.82) is 0 Å². The Kier molecular flexibility index (Phi) is 14.6. The lowest BCUT2D eigenvalue weighted by Crippen LogP contribution is -2.50. The van der Waals surface area contributed by atoms with Gasteiger partial charge in [-0.3, -0.25) is 24.1 Å². The normalized spacial score (nSPS) is 17.0. The number of β-amino-alcohol motifs (C(OH)–C–C–N with tert-alkyl or cyclic N) is 1. The number of likely N-dealkylation sites (tertiary alicyclic amines) is 1. The van der Waals surface area contributed by atoms with Crippen molar-refractivity contribution in [1.82, 2.24) is 15.2 Å². The minimum atomic E-state index is -0.950. The van der Waals surface area contributed by atoms with E-state index in [2.05, 4.69) is 15.1 Å². The minimum Gasteiger partial charge on any atom is -0.486 e. The maximum atomic E-state index is 14.2. The van der Waals surface area contributed by atoms with Crippen LogP contribution in [0.25, 0.3) is 26.4 Å². The second kappa shape index (κ2) is 20.6. The average molecular weight is 989 g/mol. The van der Waals surface area contributed by atoms with E-state index in [0.29, 0.717) is 33.7 Å². The molecule has 6 aromatic rings. The molecular formula is C56H56N6O7S2. The Morgan fingerprint density at radius 1 is 0.901 bits per heavy atom. The zero-order valence-electron chi connectivity index (χ0n) is 40.8. The maximum absolute atomic E-state index is 14.2. The molecule has 3 atom stereocenters. The number of aryl methyl sites for hydroxylation is 2. The number of hydrogen-bond acceptors (Lipinski definition) is 10. The van der Waals surface area contributed by atoms with Gasteiger partial charge in [0.15, 0.2) is 16.6 Å². The fourth-order valence-corrected chi connectivity index (χ4v) is 10.4. The first-order chi connectivity index (χ1) is 33.8. The minimum absolute atomic E-state index is 0.00303. The number of thiocarbonyl (C=S) groups is 1. The number of hydrogen-bond donors (Lipinski definition) is 2. The monoisotopic (exact) mass is 988 g/mol. The summed E-state index contributed by atoms with van der Waals surface area (Å²) in [6.07, 6.45) is -0.859. The molecule has 3 heterocycles. The van der Waals surface area contributed by atoms with Crippen LogP contribution >= 0.6 is 23.6 Å². The quantitative estimate of drug-likeness (QED) is 0.0753. The van der Waals surface area contributed by atoms with Crippen LogP contribution in [0.3, 0.4) is 0 Å². The molecule has 3 amide bonds. The number of amides is 3. The zero-order valence-corrected chi connectivity index (χ0v) is 42.4. The lowest BCUT2D eigenvalue weighted by molar-refractivity contribution is -0.146. The van der Waals surface area contributed by atoms with Crippen molar-refractivity contribution in [3.05, 3.63) is 149 Å². The summed E-state index contributed by atoms with van der Waals surface area (Å²) in [7, 11) is 0. The van der Waals surface area contributed by atoms with Crippen LogP contribution in [0.5, 0.6) is 17.2 Å². The third kappa shape index (κ3) is 10.9. The maximum Gasteiger partial charge on any atom is 0.259 e. The van der Waals surface area contributed by atoms with Gasteiger partial charge in [-0.2, -0.15) is 0 Å². The molecular weight excluding hydrogens is 933 g/mol. The highest BCUT2D eigenvalue weighted by Gasteiger charge is 2.50. The van der Waals surface area contributed by atoms with Gasteiger partial charge in [0.25, 0.3) is 5.91 Å². The van der Waals surface area contributed by atoms with Crippen molar-refractivity contribution < 1.29 is 33.8 Å². The number of benzene rings is 5. The molecule has 8 rings (SSSR count). The Labute approximate surface area is 423 Å². The molecule has 2 aliphatic rings. The van der Waals surface area contributed by atoms with Gasteiger partial charge in [0.05, 0.1) is 34.7 Å². The molecule has 364 valence electrons. The number of anilines is 2. The number of Topliss-reactive ketones (excluding diaryl/α,β-unsaturated/α-hetero) is 1. The molecule has 2 aliphatic heterocycles. The van der Waals surface area contributed by atoms with Crippen molar-refractivity contribution in [3.63, 3.8) is 0 Å². The topological polar surface area (TPSA) is 146 Å². The number of ketones is 1. The number of nitrogens with one attached hydrogen (secondary N) is 1. The van der Waals surface area contributed by atoms with Crippen molar-refractivity contribution in [2.24, 2.45) is 11.3 Å². The average Bonchev–Trinajstić information content (AvgIpc) is 4.01. The highest BCUT2D eigenvalue weighted by Crippen LogP contribution is 2.39. The number of aliphatic hydroxyl groups excluding tert-OH is 1. The second-order valence-corrected chi connectivity index (χ2v) is 20.8. The lowest BCUT2D eigenvalue weighted by Gasteiger charge is -2.34. The third-order valence-corrected chi connectivity index (χ3v) is 14.4. The van der Waals surface area contributed by atoms with E-state index in [-0.39, 0.29) is 56.0 Å². The Hall–Kier alpha value is -7.25. The summed E-state index contributed by atoms with van der Waals surface area (Å²) in [6, 6.07) is 34.7. The van der Waals surface area contributed by atoms with E-state index in [0.717, 1.165) is 44.1 Å². The van der Waals surface area contributed by atoms with Crippen LogP contribution in [0, 0.1) is 31.8 Å². The predicted molar refractivity (Wildman–Crippen MR) is 281 cm³/mol. The van der Waals surface area contributed by atoms with Crippen molar-refractivity contribution in [2.75, 3.05) is 23.0 Å². The number of rotatable bonds is 15. The molecule has 0 aliphatic carbocycles. The molecule has 0 unspecified atom stereocenters. The van der Waals surface area contributed by atoms with Gasteiger partial charge in [-0.25, -0.2) is 9.83 Å². The van der Waals surface area contributed by atoms with Gasteiger partial charge in [0.1, 0.15) is 35.4 Å². The van der Waals surface area contributed by atoms with Crippen LogP contribution in [0.4, 0.5) is 17.1 Å². The van der Waals surface area contributed by atoms with E-state index >= 15 is 0 Å². The summed E-state index contributed by atoms with van der Waals surface area (Å²) in [5, 5.41) is 14.0. The molecule has 71 heavy (non-hydrogen) atoms. The summed E-state index contributed by atoms with van der Waals surface area (Å²) in [4.78, 5) is 68.7.